The van der Waals surface area contributed by atoms with Gasteiger partial charge in [0, 0.05) is 18.4 Å². The lowest BCUT2D eigenvalue weighted by Gasteiger charge is -2.11. The van der Waals surface area contributed by atoms with E-state index >= 15 is 0 Å². The molecule has 0 radical (unpaired) electrons. The van der Waals surface area contributed by atoms with Crippen LogP contribution < -0.4 is 5.32 Å². The second-order valence-corrected chi connectivity index (χ2v) is 5.35. The lowest BCUT2D eigenvalue weighted by molar-refractivity contribution is 0.587. The van der Waals surface area contributed by atoms with Crippen LogP contribution in [0.2, 0.25) is 0 Å². The first-order valence-electron chi connectivity index (χ1n) is 6.03. The number of benzene rings is 1. The number of halogens is 1. The molecule has 100 valence electrons. The van der Waals surface area contributed by atoms with Gasteiger partial charge in [-0.2, -0.15) is 0 Å². The first kappa shape index (κ1) is 14.0. The lowest BCUT2D eigenvalue weighted by Crippen LogP contribution is -2.12. The highest BCUT2D eigenvalue weighted by Crippen LogP contribution is 2.28. The van der Waals surface area contributed by atoms with Crippen molar-refractivity contribution in [1.82, 2.24) is 15.3 Å². The predicted molar refractivity (Wildman–Crippen MR) is 74.8 cm³/mol. The number of hydrogen-bond acceptors (Lipinski definition) is 4. The molecule has 5 heteroatoms. The molecule has 1 atom stereocenters. The van der Waals surface area contributed by atoms with E-state index in [1.54, 1.807) is 24.5 Å². The average molecular weight is 277 g/mol. The van der Waals surface area contributed by atoms with Crippen LogP contribution in [0.5, 0.6) is 0 Å². The van der Waals surface area contributed by atoms with Gasteiger partial charge in [-0.1, -0.05) is 6.07 Å². The molecule has 0 bridgehead atoms. The highest BCUT2D eigenvalue weighted by atomic mass is 32.2. The van der Waals surface area contributed by atoms with Crippen LogP contribution in [0.4, 0.5) is 4.39 Å². The molecule has 1 aromatic heterocycles. The third kappa shape index (κ3) is 3.52. The second-order valence-electron chi connectivity index (χ2n) is 4.35. The molecule has 0 saturated heterocycles. The van der Waals surface area contributed by atoms with Crippen molar-refractivity contribution in [1.29, 1.82) is 0 Å². The molecule has 1 heterocycles. The van der Waals surface area contributed by atoms with E-state index in [4.69, 9.17) is 0 Å². The van der Waals surface area contributed by atoms with E-state index in [0.29, 0.717) is 10.1 Å². The standard InChI is InChI=1S/C14H16FN3S/c1-9-7-17-14(18-8-9)19-13-5-4-11(6-12(13)15)10(2)16-3/h4-8,10,16H,1-3H3. The summed E-state index contributed by atoms with van der Waals surface area (Å²) < 4.78 is 14.0. The van der Waals surface area contributed by atoms with Crippen molar-refractivity contribution in [2.75, 3.05) is 7.05 Å². The summed E-state index contributed by atoms with van der Waals surface area (Å²) in [6.45, 7) is 3.91. The van der Waals surface area contributed by atoms with Crippen LogP contribution in [0.3, 0.4) is 0 Å². The van der Waals surface area contributed by atoms with Crippen molar-refractivity contribution >= 4 is 11.8 Å². The topological polar surface area (TPSA) is 37.8 Å². The Hall–Kier alpha value is -1.46. The minimum absolute atomic E-state index is 0.129. The van der Waals surface area contributed by atoms with Crippen LogP contribution >= 0.6 is 11.8 Å². The van der Waals surface area contributed by atoms with Crippen molar-refractivity contribution in [3.05, 3.63) is 47.5 Å². The van der Waals surface area contributed by atoms with Gasteiger partial charge in [-0.05, 0) is 55.9 Å². The Kier molecular flexibility index (Phi) is 4.50. The van der Waals surface area contributed by atoms with Crippen LogP contribution in [0.1, 0.15) is 24.1 Å². The first-order chi connectivity index (χ1) is 9.10. The van der Waals surface area contributed by atoms with E-state index in [0.717, 1.165) is 11.1 Å². The van der Waals surface area contributed by atoms with Crippen molar-refractivity contribution in [3.63, 3.8) is 0 Å². The second kappa shape index (κ2) is 6.12. The summed E-state index contributed by atoms with van der Waals surface area (Å²) in [6.07, 6.45) is 3.45. The fourth-order valence-corrected chi connectivity index (χ4v) is 2.27. The highest BCUT2D eigenvalue weighted by Gasteiger charge is 2.10. The molecule has 0 fully saturated rings. The van der Waals surface area contributed by atoms with Gasteiger partial charge < -0.3 is 5.32 Å². The van der Waals surface area contributed by atoms with Gasteiger partial charge in [-0.3, -0.25) is 0 Å². The van der Waals surface area contributed by atoms with Crippen molar-refractivity contribution in [2.24, 2.45) is 0 Å². The monoisotopic (exact) mass is 277 g/mol. The molecular formula is C14H16FN3S. The molecule has 19 heavy (non-hydrogen) atoms. The van der Waals surface area contributed by atoms with E-state index in [2.05, 4.69) is 15.3 Å². The Labute approximate surface area is 116 Å². The van der Waals surface area contributed by atoms with Crippen molar-refractivity contribution < 1.29 is 4.39 Å². The van der Waals surface area contributed by atoms with Crippen LogP contribution in [0.25, 0.3) is 0 Å². The Morgan fingerprint density at radius 3 is 2.53 bits per heavy atom. The number of hydrogen-bond donors (Lipinski definition) is 1. The minimum Gasteiger partial charge on any atom is -0.313 e. The normalized spacial score (nSPS) is 12.4. The SMILES string of the molecule is CNC(C)c1ccc(Sc2ncc(C)cn2)c(F)c1. The molecule has 0 saturated carbocycles. The number of aromatic nitrogens is 2. The molecule has 0 amide bonds. The quantitative estimate of drug-likeness (QED) is 0.870. The number of nitrogens with one attached hydrogen (secondary N) is 1. The Morgan fingerprint density at radius 1 is 1.26 bits per heavy atom. The Morgan fingerprint density at radius 2 is 1.95 bits per heavy atom. The van der Waals surface area contributed by atoms with Gasteiger partial charge in [0.25, 0.3) is 0 Å². The molecule has 0 aliphatic carbocycles. The van der Waals surface area contributed by atoms with Gasteiger partial charge in [0.2, 0.25) is 0 Å². The minimum atomic E-state index is -0.242. The smallest absolute Gasteiger partial charge is 0.192 e. The fraction of sp³-hybridized carbons (Fsp3) is 0.286. The van der Waals surface area contributed by atoms with E-state index in [1.165, 1.54) is 11.8 Å². The molecule has 0 spiro atoms. The van der Waals surface area contributed by atoms with Crippen molar-refractivity contribution in [2.45, 2.75) is 29.9 Å². The van der Waals surface area contributed by atoms with Crippen LogP contribution in [-0.4, -0.2) is 17.0 Å². The molecular weight excluding hydrogens is 261 g/mol. The van der Waals surface area contributed by atoms with Gasteiger partial charge in [0.15, 0.2) is 5.16 Å². The molecule has 2 rings (SSSR count). The molecule has 0 aliphatic rings. The summed E-state index contributed by atoms with van der Waals surface area (Å²) in [5.41, 5.74) is 1.91. The Balaban J connectivity index is 2.19. The maximum Gasteiger partial charge on any atom is 0.192 e. The van der Waals surface area contributed by atoms with Gasteiger partial charge in [0.1, 0.15) is 5.82 Å². The third-order valence-corrected chi connectivity index (χ3v) is 3.79. The summed E-state index contributed by atoms with van der Waals surface area (Å²) in [4.78, 5) is 8.86. The summed E-state index contributed by atoms with van der Waals surface area (Å²) >= 11 is 1.23. The van der Waals surface area contributed by atoms with E-state index < -0.39 is 0 Å². The van der Waals surface area contributed by atoms with Crippen LogP contribution in [0.15, 0.2) is 40.6 Å². The Bertz CT molecular complexity index is 557. The van der Waals surface area contributed by atoms with Gasteiger partial charge in [0.05, 0.1) is 4.90 Å². The number of nitrogens with zero attached hydrogens (tertiary/aromatic N) is 2. The predicted octanol–water partition coefficient (Wildman–Crippen LogP) is 3.36. The van der Waals surface area contributed by atoms with E-state index in [-0.39, 0.29) is 11.9 Å². The lowest BCUT2D eigenvalue weighted by atomic mass is 10.1. The van der Waals surface area contributed by atoms with Gasteiger partial charge >= 0.3 is 0 Å². The number of aryl methyl sites for hydroxylation is 1. The largest absolute Gasteiger partial charge is 0.313 e. The molecule has 1 N–H and O–H groups in total. The fourth-order valence-electron chi connectivity index (χ4n) is 1.57. The highest BCUT2D eigenvalue weighted by molar-refractivity contribution is 7.99. The summed E-state index contributed by atoms with van der Waals surface area (Å²) in [5, 5.41) is 3.64. The first-order valence-corrected chi connectivity index (χ1v) is 6.85. The maximum absolute atomic E-state index is 14.0. The average Bonchev–Trinajstić information content (AvgIpc) is 2.42. The molecule has 2 aromatic rings. The molecule has 0 aliphatic heterocycles. The van der Waals surface area contributed by atoms with Gasteiger partial charge in [-0.15, -0.1) is 0 Å². The summed E-state index contributed by atoms with van der Waals surface area (Å²) in [5.74, 6) is -0.242. The molecule has 3 nitrogen and oxygen atoms in total. The zero-order valence-corrected chi connectivity index (χ0v) is 12.0. The summed E-state index contributed by atoms with van der Waals surface area (Å²) in [7, 11) is 1.85. The zero-order chi connectivity index (χ0) is 13.8. The molecule has 1 unspecified atom stereocenters. The third-order valence-electron chi connectivity index (χ3n) is 2.85. The molecule has 1 aromatic carbocycles. The maximum atomic E-state index is 14.0. The van der Waals surface area contributed by atoms with Crippen LogP contribution in [0, 0.1) is 12.7 Å². The zero-order valence-electron chi connectivity index (χ0n) is 11.1. The van der Waals surface area contributed by atoms with Crippen molar-refractivity contribution in [3.8, 4) is 0 Å². The van der Waals surface area contributed by atoms with E-state index in [1.807, 2.05) is 27.0 Å². The number of rotatable bonds is 4. The summed E-state index contributed by atoms with van der Waals surface area (Å²) in [6, 6.07) is 5.37. The van der Waals surface area contributed by atoms with Gasteiger partial charge in [-0.25, -0.2) is 14.4 Å². The van der Waals surface area contributed by atoms with E-state index in [9.17, 15) is 4.39 Å². The van der Waals surface area contributed by atoms with Crippen LogP contribution in [-0.2, 0) is 0 Å².